The summed E-state index contributed by atoms with van der Waals surface area (Å²) in [5.74, 6) is 1.57. The molecule has 3 aromatic rings. The Morgan fingerprint density at radius 3 is 2.42 bits per heavy atom. The zero-order valence-electron chi connectivity index (χ0n) is 19.2. The van der Waals surface area contributed by atoms with E-state index in [9.17, 15) is 4.39 Å². The molecule has 9 heteroatoms. The van der Waals surface area contributed by atoms with E-state index in [0.29, 0.717) is 12.2 Å². The minimum Gasteiger partial charge on any atom is -0.497 e. The molecular formula is C24H32ClFN6O. The molecule has 0 radical (unpaired) electrons. The van der Waals surface area contributed by atoms with Gasteiger partial charge in [-0.3, -0.25) is 4.90 Å². The van der Waals surface area contributed by atoms with E-state index in [0.717, 1.165) is 62.6 Å². The van der Waals surface area contributed by atoms with E-state index in [4.69, 9.17) is 4.74 Å². The number of hydrogen-bond acceptors (Lipinski definition) is 6. The third-order valence-electron chi connectivity index (χ3n) is 6.13. The highest BCUT2D eigenvalue weighted by atomic mass is 35.5. The van der Waals surface area contributed by atoms with Gasteiger partial charge in [0, 0.05) is 26.2 Å². The topological polar surface area (TPSA) is 59.3 Å². The van der Waals surface area contributed by atoms with Crippen LogP contribution >= 0.6 is 12.4 Å². The molecule has 33 heavy (non-hydrogen) atoms. The van der Waals surface area contributed by atoms with Crippen LogP contribution in [0.25, 0.3) is 0 Å². The van der Waals surface area contributed by atoms with Crippen LogP contribution in [0.5, 0.6) is 5.75 Å². The van der Waals surface area contributed by atoms with Crippen LogP contribution in [0.3, 0.4) is 0 Å². The fourth-order valence-corrected chi connectivity index (χ4v) is 4.32. The molecule has 2 heterocycles. The van der Waals surface area contributed by atoms with Crippen LogP contribution in [0.2, 0.25) is 0 Å². The van der Waals surface area contributed by atoms with Crippen LogP contribution in [0.1, 0.15) is 43.6 Å². The number of rotatable bonds is 9. The first kappa shape index (κ1) is 24.9. The number of hydrogen-bond donors (Lipinski definition) is 0. The molecule has 1 unspecified atom stereocenters. The summed E-state index contributed by atoms with van der Waals surface area (Å²) in [7, 11) is 1.67. The quantitative estimate of drug-likeness (QED) is 0.459. The summed E-state index contributed by atoms with van der Waals surface area (Å²) >= 11 is 0. The lowest BCUT2D eigenvalue weighted by molar-refractivity contribution is 0.162. The summed E-state index contributed by atoms with van der Waals surface area (Å²) in [6, 6.07) is 15.1. The number of unbranched alkanes of at least 4 members (excludes halogenated alkanes) is 1. The zero-order valence-corrected chi connectivity index (χ0v) is 20.0. The predicted molar refractivity (Wildman–Crippen MR) is 130 cm³/mol. The summed E-state index contributed by atoms with van der Waals surface area (Å²) in [5, 5.41) is 12.7. The smallest absolute Gasteiger partial charge is 0.168 e. The summed E-state index contributed by atoms with van der Waals surface area (Å²) in [6.07, 6.45) is 3.22. The molecular weight excluding hydrogens is 443 g/mol. The lowest BCUT2D eigenvalue weighted by atomic mass is 10.1. The second kappa shape index (κ2) is 12.0. The van der Waals surface area contributed by atoms with Gasteiger partial charge < -0.3 is 9.64 Å². The molecule has 4 rings (SSSR count). The third kappa shape index (κ3) is 6.00. The Morgan fingerprint density at radius 1 is 1.03 bits per heavy atom. The molecule has 1 atom stereocenters. The molecule has 1 saturated heterocycles. The van der Waals surface area contributed by atoms with Crippen LogP contribution in [0.4, 0.5) is 10.1 Å². The molecule has 0 amide bonds. The van der Waals surface area contributed by atoms with Crippen molar-refractivity contribution in [2.24, 2.45) is 0 Å². The van der Waals surface area contributed by atoms with Crippen molar-refractivity contribution in [1.82, 2.24) is 25.1 Å². The number of methoxy groups -OCH3 is 1. The molecule has 178 valence electrons. The van der Waals surface area contributed by atoms with Crippen molar-refractivity contribution in [2.75, 3.05) is 38.2 Å². The second-order valence-electron chi connectivity index (χ2n) is 8.18. The SMILES string of the molecule is CCCCC(c1nnnn1Cc1ccc(OC)cc1)N1CCN(c2ccccc2F)CC1.Cl. The standard InChI is InChI=1S/C24H31FN6O.ClH/c1-3-4-8-23(30-16-14-29(15-17-30)22-9-6-5-7-21(22)25)24-26-27-28-31(24)18-19-10-12-20(32-2)13-11-19;/h5-7,9-13,23H,3-4,8,14-18H2,1-2H3;1H. The van der Waals surface area contributed by atoms with E-state index in [1.165, 1.54) is 6.07 Å². The van der Waals surface area contributed by atoms with Gasteiger partial charge in [0.2, 0.25) is 0 Å². The van der Waals surface area contributed by atoms with Gasteiger partial charge >= 0.3 is 0 Å². The third-order valence-corrected chi connectivity index (χ3v) is 6.13. The van der Waals surface area contributed by atoms with Gasteiger partial charge in [-0.15, -0.1) is 17.5 Å². The summed E-state index contributed by atoms with van der Waals surface area (Å²) in [5.41, 5.74) is 1.81. The Labute approximate surface area is 200 Å². The fraction of sp³-hybridized carbons (Fsp3) is 0.458. The number of para-hydroxylation sites is 1. The van der Waals surface area contributed by atoms with Gasteiger partial charge in [0.25, 0.3) is 0 Å². The Morgan fingerprint density at radius 2 is 1.76 bits per heavy atom. The highest BCUT2D eigenvalue weighted by molar-refractivity contribution is 5.85. The van der Waals surface area contributed by atoms with Crippen LogP contribution in [-0.2, 0) is 6.54 Å². The van der Waals surface area contributed by atoms with Gasteiger partial charge in [-0.2, -0.15) is 0 Å². The summed E-state index contributed by atoms with van der Waals surface area (Å²) in [4.78, 5) is 4.58. The van der Waals surface area contributed by atoms with Gasteiger partial charge in [0.1, 0.15) is 11.6 Å². The number of tetrazole rings is 1. The van der Waals surface area contributed by atoms with Crippen LogP contribution in [0.15, 0.2) is 48.5 Å². The number of anilines is 1. The Bertz CT molecular complexity index is 991. The van der Waals surface area contributed by atoms with Gasteiger partial charge in [-0.05, 0) is 46.7 Å². The first-order chi connectivity index (χ1) is 15.7. The molecule has 2 aromatic carbocycles. The van der Waals surface area contributed by atoms with Crippen LogP contribution in [-0.4, -0.2) is 58.4 Å². The van der Waals surface area contributed by atoms with Gasteiger partial charge in [-0.1, -0.05) is 44.0 Å². The minimum absolute atomic E-state index is 0. The minimum atomic E-state index is -0.160. The maximum atomic E-state index is 14.2. The molecule has 1 fully saturated rings. The van der Waals surface area contributed by atoms with Crippen molar-refractivity contribution in [3.63, 3.8) is 0 Å². The van der Waals surface area contributed by atoms with Gasteiger partial charge in [-0.25, -0.2) is 9.07 Å². The molecule has 0 aliphatic carbocycles. The molecule has 0 saturated carbocycles. The monoisotopic (exact) mass is 474 g/mol. The van der Waals surface area contributed by atoms with Gasteiger partial charge in [0.05, 0.1) is 25.4 Å². The molecule has 1 aliphatic rings. The molecule has 0 bridgehead atoms. The van der Waals surface area contributed by atoms with Crippen molar-refractivity contribution in [3.05, 3.63) is 65.7 Å². The van der Waals surface area contributed by atoms with Crippen LogP contribution < -0.4 is 9.64 Å². The number of piperazine rings is 1. The predicted octanol–water partition coefficient (Wildman–Crippen LogP) is 4.34. The van der Waals surface area contributed by atoms with Crippen molar-refractivity contribution in [2.45, 2.75) is 38.8 Å². The average Bonchev–Trinajstić information content (AvgIpc) is 3.28. The number of halogens is 2. The molecule has 1 aromatic heterocycles. The van der Waals surface area contributed by atoms with Crippen molar-refractivity contribution >= 4 is 18.1 Å². The van der Waals surface area contributed by atoms with E-state index in [1.54, 1.807) is 13.2 Å². The number of aromatic nitrogens is 4. The largest absolute Gasteiger partial charge is 0.497 e. The Kier molecular flexibility index (Phi) is 9.03. The lowest BCUT2D eigenvalue weighted by Gasteiger charge is -2.39. The van der Waals surface area contributed by atoms with Crippen molar-refractivity contribution < 1.29 is 9.13 Å². The molecule has 1 aliphatic heterocycles. The summed E-state index contributed by atoms with van der Waals surface area (Å²) < 4.78 is 21.4. The maximum absolute atomic E-state index is 14.2. The lowest BCUT2D eigenvalue weighted by Crippen LogP contribution is -2.48. The average molecular weight is 475 g/mol. The van der Waals surface area contributed by atoms with E-state index in [-0.39, 0.29) is 24.3 Å². The van der Waals surface area contributed by atoms with Crippen molar-refractivity contribution in [1.29, 1.82) is 0 Å². The van der Waals surface area contributed by atoms with Gasteiger partial charge in [0.15, 0.2) is 5.82 Å². The first-order valence-corrected chi connectivity index (χ1v) is 11.3. The fourth-order valence-electron chi connectivity index (χ4n) is 4.32. The number of nitrogens with zero attached hydrogens (tertiary/aromatic N) is 6. The van der Waals surface area contributed by atoms with Crippen molar-refractivity contribution in [3.8, 4) is 5.75 Å². The van der Waals surface area contributed by atoms with E-state index in [2.05, 4.69) is 32.2 Å². The van der Waals surface area contributed by atoms with Crippen LogP contribution in [0, 0.1) is 5.82 Å². The Balaban J connectivity index is 0.00000306. The van der Waals surface area contributed by atoms with E-state index >= 15 is 0 Å². The summed E-state index contributed by atoms with van der Waals surface area (Å²) in [6.45, 7) is 6.07. The number of ether oxygens (including phenoxy) is 1. The normalized spacial score (nSPS) is 15.2. The first-order valence-electron chi connectivity index (χ1n) is 11.3. The van der Waals surface area contributed by atoms with E-state index < -0.39 is 0 Å². The molecule has 7 nitrogen and oxygen atoms in total. The second-order valence-corrected chi connectivity index (χ2v) is 8.18. The zero-order chi connectivity index (χ0) is 22.3. The highest BCUT2D eigenvalue weighted by Gasteiger charge is 2.29. The maximum Gasteiger partial charge on any atom is 0.168 e. The number of benzene rings is 2. The molecule has 0 N–H and O–H groups in total. The molecule has 0 spiro atoms. The highest BCUT2D eigenvalue weighted by Crippen LogP contribution is 2.28. The Hall–Kier alpha value is -2.71. The van der Waals surface area contributed by atoms with E-state index in [1.807, 2.05) is 41.1 Å².